The molecule has 0 radical (unpaired) electrons. The monoisotopic (exact) mass is 304 g/mol. The van der Waals surface area contributed by atoms with Crippen LogP contribution in [-0.4, -0.2) is 22.5 Å². The van der Waals surface area contributed by atoms with Crippen molar-refractivity contribution in [2.75, 3.05) is 13.0 Å². The Morgan fingerprint density at radius 3 is 2.71 bits per heavy atom. The fraction of sp³-hybridized carbons (Fsp3) is 0.188. The number of hydrogen-bond donors (Lipinski definition) is 0. The average Bonchev–Trinajstić information content (AvgIpc) is 2.86. The van der Waals surface area contributed by atoms with E-state index in [2.05, 4.69) is 4.98 Å². The number of para-hydroxylation sites is 2. The van der Waals surface area contributed by atoms with Crippen LogP contribution in [0, 0.1) is 5.82 Å². The summed E-state index contributed by atoms with van der Waals surface area (Å²) < 4.78 is 21.3. The molecule has 0 unspecified atom stereocenters. The molecule has 2 aromatic carbocycles. The summed E-state index contributed by atoms with van der Waals surface area (Å²) >= 11 is 5.86. The van der Waals surface area contributed by atoms with Crippen LogP contribution in [0.5, 0.6) is 5.75 Å². The van der Waals surface area contributed by atoms with Gasteiger partial charge in [0.2, 0.25) is 0 Å². The summed E-state index contributed by atoms with van der Waals surface area (Å²) in [5, 5.41) is 0. The minimum absolute atomic E-state index is 0.296. The third-order valence-electron chi connectivity index (χ3n) is 3.35. The highest BCUT2D eigenvalue weighted by molar-refractivity contribution is 6.18. The predicted molar refractivity (Wildman–Crippen MR) is 82.0 cm³/mol. The van der Waals surface area contributed by atoms with Gasteiger partial charge in [-0.2, -0.15) is 0 Å². The van der Waals surface area contributed by atoms with Gasteiger partial charge in [-0.25, -0.2) is 9.37 Å². The van der Waals surface area contributed by atoms with Crippen LogP contribution in [0.25, 0.3) is 16.7 Å². The molecule has 0 amide bonds. The summed E-state index contributed by atoms with van der Waals surface area (Å²) in [6, 6.07) is 12.2. The van der Waals surface area contributed by atoms with Gasteiger partial charge in [0.25, 0.3) is 0 Å². The van der Waals surface area contributed by atoms with Crippen molar-refractivity contribution in [1.29, 1.82) is 0 Å². The van der Waals surface area contributed by atoms with Gasteiger partial charge in [-0.3, -0.25) is 4.57 Å². The minimum Gasteiger partial charge on any atom is -0.494 e. The number of methoxy groups -OCH3 is 1. The molecular weight excluding hydrogens is 291 g/mol. The molecule has 0 fully saturated rings. The second-order valence-electron chi connectivity index (χ2n) is 4.58. The number of rotatable bonds is 4. The number of nitrogens with zero attached hydrogens (tertiary/aromatic N) is 2. The quantitative estimate of drug-likeness (QED) is 0.682. The Labute approximate surface area is 126 Å². The Kier molecular flexibility index (Phi) is 3.80. The molecule has 0 saturated carbocycles. The van der Waals surface area contributed by atoms with E-state index in [-0.39, 0.29) is 5.82 Å². The molecule has 0 N–H and O–H groups in total. The summed E-state index contributed by atoms with van der Waals surface area (Å²) in [5.74, 6) is 1.50. The van der Waals surface area contributed by atoms with Crippen molar-refractivity contribution in [1.82, 2.24) is 9.55 Å². The molecule has 0 aliphatic heterocycles. The number of benzene rings is 2. The molecule has 0 aliphatic rings. The number of fused-ring (bicyclic) bond motifs is 1. The van der Waals surface area contributed by atoms with Gasteiger partial charge < -0.3 is 4.74 Å². The smallest absolute Gasteiger partial charge is 0.147 e. The lowest BCUT2D eigenvalue weighted by Crippen LogP contribution is -2.04. The molecule has 3 nitrogen and oxygen atoms in total. The second kappa shape index (κ2) is 5.74. The highest BCUT2D eigenvalue weighted by Crippen LogP contribution is 2.29. The van der Waals surface area contributed by atoms with E-state index in [0.717, 1.165) is 11.3 Å². The van der Waals surface area contributed by atoms with Crippen molar-refractivity contribution in [2.45, 2.75) is 6.42 Å². The van der Waals surface area contributed by atoms with Gasteiger partial charge in [0.15, 0.2) is 0 Å². The number of imidazole rings is 1. The fourth-order valence-electron chi connectivity index (χ4n) is 2.44. The third kappa shape index (κ3) is 2.36. The topological polar surface area (TPSA) is 27.1 Å². The summed E-state index contributed by atoms with van der Waals surface area (Å²) in [4.78, 5) is 4.58. The van der Waals surface area contributed by atoms with E-state index in [1.807, 2.05) is 18.2 Å². The van der Waals surface area contributed by atoms with Crippen LogP contribution in [0.2, 0.25) is 0 Å². The normalized spacial score (nSPS) is 11.0. The fourth-order valence-corrected chi connectivity index (χ4v) is 2.61. The molecular formula is C16H14ClFN2O. The average molecular weight is 305 g/mol. The Hall–Kier alpha value is -2.07. The van der Waals surface area contributed by atoms with Gasteiger partial charge >= 0.3 is 0 Å². The van der Waals surface area contributed by atoms with Crippen LogP contribution < -0.4 is 4.74 Å². The molecule has 0 spiro atoms. The van der Waals surface area contributed by atoms with Crippen molar-refractivity contribution < 1.29 is 9.13 Å². The van der Waals surface area contributed by atoms with Crippen molar-refractivity contribution in [3.8, 4) is 11.4 Å². The van der Waals surface area contributed by atoms with Crippen LogP contribution >= 0.6 is 11.6 Å². The maximum absolute atomic E-state index is 14.2. The first kappa shape index (κ1) is 13.9. The molecule has 0 saturated heterocycles. The van der Waals surface area contributed by atoms with Crippen LogP contribution in [0.4, 0.5) is 4.39 Å². The van der Waals surface area contributed by atoms with Gasteiger partial charge in [-0.05, 0) is 24.3 Å². The largest absolute Gasteiger partial charge is 0.494 e. The van der Waals surface area contributed by atoms with Crippen molar-refractivity contribution in [3.63, 3.8) is 0 Å². The van der Waals surface area contributed by atoms with Gasteiger partial charge in [-0.15, -0.1) is 11.6 Å². The number of aryl methyl sites for hydroxylation is 1. The van der Waals surface area contributed by atoms with E-state index >= 15 is 0 Å². The molecule has 0 aliphatic carbocycles. The van der Waals surface area contributed by atoms with Crippen LogP contribution in [0.3, 0.4) is 0 Å². The van der Waals surface area contributed by atoms with Gasteiger partial charge in [-0.1, -0.05) is 18.2 Å². The Balaban J connectivity index is 2.34. The van der Waals surface area contributed by atoms with Crippen LogP contribution in [-0.2, 0) is 6.42 Å². The van der Waals surface area contributed by atoms with E-state index < -0.39 is 0 Å². The lowest BCUT2D eigenvalue weighted by atomic mass is 10.2. The van der Waals surface area contributed by atoms with E-state index in [1.165, 1.54) is 6.07 Å². The molecule has 1 aromatic heterocycles. The summed E-state index contributed by atoms with van der Waals surface area (Å²) in [7, 11) is 1.60. The van der Waals surface area contributed by atoms with Gasteiger partial charge in [0.05, 0.1) is 18.3 Å². The van der Waals surface area contributed by atoms with E-state index in [1.54, 1.807) is 29.9 Å². The Bertz CT molecular complexity index is 785. The summed E-state index contributed by atoms with van der Waals surface area (Å²) in [5.41, 5.74) is 1.98. The number of aromatic nitrogens is 2. The first-order valence-corrected chi connectivity index (χ1v) is 7.15. The van der Waals surface area contributed by atoms with Crippen molar-refractivity contribution in [2.24, 2.45) is 0 Å². The Morgan fingerprint density at radius 2 is 2.00 bits per heavy atom. The molecule has 3 aromatic rings. The first-order chi connectivity index (χ1) is 10.3. The number of halogens is 2. The van der Waals surface area contributed by atoms with Crippen LogP contribution in [0.1, 0.15) is 5.82 Å². The number of hydrogen-bond acceptors (Lipinski definition) is 2. The van der Waals surface area contributed by atoms with Crippen molar-refractivity contribution >= 4 is 22.6 Å². The molecule has 0 bridgehead atoms. The first-order valence-electron chi connectivity index (χ1n) is 6.61. The maximum Gasteiger partial charge on any atom is 0.147 e. The SMILES string of the molecule is COc1cccc2c1nc(CCCl)n2-c1ccccc1F. The van der Waals surface area contributed by atoms with Crippen molar-refractivity contribution in [3.05, 3.63) is 54.1 Å². The number of ether oxygens (including phenoxy) is 1. The zero-order valence-electron chi connectivity index (χ0n) is 11.5. The highest BCUT2D eigenvalue weighted by Gasteiger charge is 2.17. The van der Waals surface area contributed by atoms with E-state index in [4.69, 9.17) is 16.3 Å². The Morgan fingerprint density at radius 1 is 1.19 bits per heavy atom. The predicted octanol–water partition coefficient (Wildman–Crippen LogP) is 3.95. The summed E-state index contributed by atoms with van der Waals surface area (Å²) in [6.07, 6.45) is 0.549. The van der Waals surface area contributed by atoms with Gasteiger partial charge in [0.1, 0.15) is 22.9 Å². The number of alkyl halides is 1. The molecule has 3 rings (SSSR count). The maximum atomic E-state index is 14.2. The van der Waals surface area contributed by atoms with Gasteiger partial charge in [0, 0.05) is 12.3 Å². The lowest BCUT2D eigenvalue weighted by Gasteiger charge is -2.09. The minimum atomic E-state index is -0.296. The zero-order chi connectivity index (χ0) is 14.8. The standard InChI is InChI=1S/C16H14ClFN2O/c1-21-14-8-4-7-13-16(14)19-15(9-10-17)20(13)12-6-3-2-5-11(12)18/h2-8H,9-10H2,1H3. The highest BCUT2D eigenvalue weighted by atomic mass is 35.5. The lowest BCUT2D eigenvalue weighted by molar-refractivity contribution is 0.419. The summed E-state index contributed by atoms with van der Waals surface area (Å²) in [6.45, 7) is 0. The zero-order valence-corrected chi connectivity index (χ0v) is 12.3. The molecule has 108 valence electrons. The molecule has 1 heterocycles. The molecule has 0 atom stereocenters. The van der Waals surface area contributed by atoms with Crippen LogP contribution in [0.15, 0.2) is 42.5 Å². The molecule has 21 heavy (non-hydrogen) atoms. The second-order valence-corrected chi connectivity index (χ2v) is 4.96. The third-order valence-corrected chi connectivity index (χ3v) is 3.54. The molecule has 5 heteroatoms. The van der Waals surface area contributed by atoms with E-state index in [9.17, 15) is 4.39 Å². The van der Waals surface area contributed by atoms with E-state index in [0.29, 0.717) is 29.3 Å².